The zero-order valence-electron chi connectivity index (χ0n) is 15.8. The Morgan fingerprint density at radius 1 is 1.40 bits per heavy atom. The van der Waals surface area contributed by atoms with Gasteiger partial charge in [0.15, 0.2) is 0 Å². The molecule has 2 rings (SSSR count). The third-order valence-electron chi connectivity index (χ3n) is 4.64. The topological polar surface area (TPSA) is 54.0 Å². The number of benzene rings is 1. The zero-order chi connectivity index (χ0) is 18.2. The number of rotatable bonds is 7. The minimum absolute atomic E-state index is 0.0221. The average Bonchev–Trinajstić information content (AvgIpc) is 2.62. The van der Waals surface area contributed by atoms with Gasteiger partial charge in [-0.1, -0.05) is 18.2 Å². The third kappa shape index (κ3) is 5.34. The fraction of sp³-hybridized carbons (Fsp3) is 0.632. The number of likely N-dealkylation sites (N-methyl/N-ethyl adjacent to an activating group) is 1. The summed E-state index contributed by atoms with van der Waals surface area (Å²) in [6.45, 7) is 4.67. The van der Waals surface area contributed by atoms with E-state index in [2.05, 4.69) is 10.2 Å². The summed E-state index contributed by atoms with van der Waals surface area (Å²) in [5.41, 5.74) is 1.07. The molecule has 0 aliphatic carbocycles. The lowest BCUT2D eigenvalue weighted by atomic mass is 10.0. The first kappa shape index (κ1) is 19.5. The minimum Gasteiger partial charge on any atom is -0.496 e. The molecule has 1 aromatic rings. The zero-order valence-corrected chi connectivity index (χ0v) is 15.8. The fourth-order valence-corrected chi connectivity index (χ4v) is 3.30. The highest BCUT2D eigenvalue weighted by atomic mass is 16.5. The van der Waals surface area contributed by atoms with E-state index in [-0.39, 0.29) is 18.2 Å². The first-order valence-corrected chi connectivity index (χ1v) is 9.00. The number of nitrogens with zero attached hydrogens (tertiary/aromatic N) is 2. The highest BCUT2D eigenvalue weighted by molar-refractivity contribution is 5.74. The molecular weight excluding hydrogens is 318 g/mol. The molecule has 1 aromatic carbocycles. The fourth-order valence-electron chi connectivity index (χ4n) is 3.30. The molecule has 2 amide bonds. The van der Waals surface area contributed by atoms with Gasteiger partial charge in [-0.15, -0.1) is 0 Å². The van der Waals surface area contributed by atoms with Gasteiger partial charge in [0.25, 0.3) is 0 Å². The molecular formula is C19H31N3O3. The van der Waals surface area contributed by atoms with Crippen LogP contribution in [0.1, 0.15) is 31.4 Å². The summed E-state index contributed by atoms with van der Waals surface area (Å²) >= 11 is 0. The van der Waals surface area contributed by atoms with Crippen LogP contribution in [0.4, 0.5) is 4.79 Å². The maximum absolute atomic E-state index is 12.6. The van der Waals surface area contributed by atoms with E-state index in [1.54, 1.807) is 7.11 Å². The molecule has 1 aliphatic rings. The molecule has 1 aliphatic heterocycles. The van der Waals surface area contributed by atoms with Crippen LogP contribution in [-0.4, -0.2) is 69.4 Å². The smallest absolute Gasteiger partial charge is 0.317 e. The predicted octanol–water partition coefficient (Wildman–Crippen LogP) is 2.51. The van der Waals surface area contributed by atoms with Crippen molar-refractivity contribution in [1.29, 1.82) is 0 Å². The van der Waals surface area contributed by atoms with Gasteiger partial charge in [-0.25, -0.2) is 4.79 Å². The Kier molecular flexibility index (Phi) is 7.52. The van der Waals surface area contributed by atoms with E-state index in [4.69, 9.17) is 9.47 Å². The molecule has 0 bridgehead atoms. The Morgan fingerprint density at radius 3 is 2.84 bits per heavy atom. The monoisotopic (exact) mass is 349 g/mol. The van der Waals surface area contributed by atoms with Crippen molar-refractivity contribution in [2.24, 2.45) is 0 Å². The molecule has 1 saturated heterocycles. The lowest BCUT2D eigenvalue weighted by Gasteiger charge is -2.33. The Hall–Kier alpha value is -1.79. The number of carbonyl (C=O) groups excluding carboxylic acids is 1. The quantitative estimate of drug-likeness (QED) is 0.822. The van der Waals surface area contributed by atoms with Crippen molar-refractivity contribution >= 4 is 6.03 Å². The van der Waals surface area contributed by atoms with Gasteiger partial charge in [0.2, 0.25) is 0 Å². The number of hydrogen-bond donors (Lipinski definition) is 1. The van der Waals surface area contributed by atoms with Crippen LogP contribution in [0.3, 0.4) is 0 Å². The van der Waals surface area contributed by atoms with Gasteiger partial charge < -0.3 is 24.6 Å². The molecule has 1 heterocycles. The van der Waals surface area contributed by atoms with Crippen LogP contribution in [0.2, 0.25) is 0 Å². The van der Waals surface area contributed by atoms with Gasteiger partial charge in [0, 0.05) is 31.8 Å². The second-order valence-corrected chi connectivity index (χ2v) is 6.57. The van der Waals surface area contributed by atoms with Gasteiger partial charge in [0.1, 0.15) is 5.75 Å². The molecule has 6 heteroatoms. The number of amides is 2. The van der Waals surface area contributed by atoms with Crippen molar-refractivity contribution < 1.29 is 14.3 Å². The van der Waals surface area contributed by atoms with Gasteiger partial charge in [-0.3, -0.25) is 0 Å². The molecule has 0 aromatic heterocycles. The maximum Gasteiger partial charge on any atom is 0.317 e. The summed E-state index contributed by atoms with van der Waals surface area (Å²) < 4.78 is 11.2. The largest absolute Gasteiger partial charge is 0.496 e. The maximum atomic E-state index is 12.6. The molecule has 2 unspecified atom stereocenters. The van der Waals surface area contributed by atoms with Crippen LogP contribution >= 0.6 is 0 Å². The number of likely N-dealkylation sites (tertiary alicyclic amines) is 1. The van der Waals surface area contributed by atoms with E-state index < -0.39 is 0 Å². The lowest BCUT2D eigenvalue weighted by Crippen LogP contribution is -2.49. The average molecular weight is 349 g/mol. The van der Waals surface area contributed by atoms with Crippen LogP contribution in [0.25, 0.3) is 0 Å². The number of ether oxygens (including phenoxy) is 2. The SMILES string of the molecule is CCOC1CCCN(C(=O)NCC(c2ccccc2OC)N(C)C)C1. The van der Waals surface area contributed by atoms with Crippen molar-refractivity contribution in [3.8, 4) is 5.75 Å². The molecule has 2 atom stereocenters. The third-order valence-corrected chi connectivity index (χ3v) is 4.64. The standard InChI is InChI=1S/C19H31N3O3/c1-5-25-15-9-8-12-22(14-15)19(23)20-13-17(21(2)3)16-10-6-7-11-18(16)24-4/h6-7,10-11,15,17H,5,8-9,12-14H2,1-4H3,(H,20,23). The lowest BCUT2D eigenvalue weighted by molar-refractivity contribution is 0.0163. The minimum atomic E-state index is -0.0221. The van der Waals surface area contributed by atoms with E-state index >= 15 is 0 Å². The van der Waals surface area contributed by atoms with E-state index in [1.165, 1.54) is 0 Å². The van der Waals surface area contributed by atoms with E-state index in [0.717, 1.165) is 30.7 Å². The van der Waals surface area contributed by atoms with Gasteiger partial charge >= 0.3 is 6.03 Å². The van der Waals surface area contributed by atoms with Crippen LogP contribution in [0.5, 0.6) is 5.75 Å². The summed E-state index contributed by atoms with van der Waals surface area (Å²) in [5.74, 6) is 0.838. The van der Waals surface area contributed by atoms with Crippen LogP contribution < -0.4 is 10.1 Å². The second-order valence-electron chi connectivity index (χ2n) is 6.57. The van der Waals surface area contributed by atoms with E-state index in [1.807, 2.05) is 50.2 Å². The van der Waals surface area contributed by atoms with Crippen molar-refractivity contribution in [1.82, 2.24) is 15.1 Å². The summed E-state index contributed by atoms with van der Waals surface area (Å²) in [6.07, 6.45) is 2.17. The summed E-state index contributed by atoms with van der Waals surface area (Å²) in [7, 11) is 5.69. The first-order valence-electron chi connectivity index (χ1n) is 9.00. The predicted molar refractivity (Wildman–Crippen MR) is 99.0 cm³/mol. The summed E-state index contributed by atoms with van der Waals surface area (Å²) in [5, 5.41) is 3.08. The molecule has 1 fully saturated rings. The molecule has 0 spiro atoms. The van der Waals surface area contributed by atoms with E-state index in [9.17, 15) is 4.79 Å². The van der Waals surface area contributed by atoms with Crippen molar-refractivity contribution in [2.45, 2.75) is 31.9 Å². The highest BCUT2D eigenvalue weighted by Gasteiger charge is 2.25. The number of piperidine rings is 1. The molecule has 1 N–H and O–H groups in total. The molecule has 140 valence electrons. The molecule has 6 nitrogen and oxygen atoms in total. The number of methoxy groups -OCH3 is 1. The number of hydrogen-bond acceptors (Lipinski definition) is 4. The van der Waals surface area contributed by atoms with Gasteiger partial charge in [-0.05, 0) is 39.9 Å². The summed E-state index contributed by atoms with van der Waals surface area (Å²) in [6, 6.07) is 7.97. The highest BCUT2D eigenvalue weighted by Crippen LogP contribution is 2.27. The second kappa shape index (κ2) is 9.63. The summed E-state index contributed by atoms with van der Waals surface area (Å²) in [4.78, 5) is 16.5. The Bertz CT molecular complexity index is 548. The molecule has 0 saturated carbocycles. The Morgan fingerprint density at radius 2 is 2.16 bits per heavy atom. The number of carbonyl (C=O) groups is 1. The number of para-hydroxylation sites is 1. The normalized spacial score (nSPS) is 18.9. The van der Waals surface area contributed by atoms with Crippen molar-refractivity contribution in [3.05, 3.63) is 29.8 Å². The van der Waals surface area contributed by atoms with Crippen LogP contribution in [0.15, 0.2) is 24.3 Å². The van der Waals surface area contributed by atoms with Gasteiger partial charge in [-0.2, -0.15) is 0 Å². The first-order chi connectivity index (χ1) is 12.1. The Balaban J connectivity index is 1.98. The Labute approximate surface area is 151 Å². The number of nitrogens with one attached hydrogen (secondary N) is 1. The van der Waals surface area contributed by atoms with E-state index in [0.29, 0.717) is 19.7 Å². The van der Waals surface area contributed by atoms with Crippen LogP contribution in [-0.2, 0) is 4.74 Å². The molecule has 25 heavy (non-hydrogen) atoms. The molecule has 0 radical (unpaired) electrons. The number of urea groups is 1. The van der Waals surface area contributed by atoms with Crippen molar-refractivity contribution in [3.63, 3.8) is 0 Å². The van der Waals surface area contributed by atoms with Crippen molar-refractivity contribution in [2.75, 3.05) is 47.4 Å². The van der Waals surface area contributed by atoms with Crippen LogP contribution in [0, 0.1) is 0 Å². The van der Waals surface area contributed by atoms with Gasteiger partial charge in [0.05, 0.1) is 19.3 Å².